The van der Waals surface area contributed by atoms with Crippen LogP contribution >= 0.6 is 32.8 Å². The van der Waals surface area contributed by atoms with Gasteiger partial charge in [0.2, 0.25) is 8.52 Å². The summed E-state index contributed by atoms with van der Waals surface area (Å²) in [6, 6.07) is 37.6. The Hall–Kier alpha value is -4.49. The Balaban J connectivity index is 1.73. The minimum Gasteiger partial charge on any atom is -0.486 e. The molecule has 0 bridgehead atoms. The molecule has 0 saturated carbocycles. The van der Waals surface area contributed by atoms with Gasteiger partial charge in [0, 0.05) is 9.03 Å². The fourth-order valence-electron chi connectivity index (χ4n) is 5.54. The number of aryl methyl sites for hydroxylation is 5. The number of hydrogen-bond donors (Lipinski definition) is 0. The SMILES string of the molecule is Cc1ccc(OCC(Oc2ccc(C)cc2)(OP2(OC(C)C)=NP=NP=N[P+](OC(C)C)=N2)C(Oc2ccc(C)cc2)(Oc2ccc(C)cc2)Oc2ccc(C)cc2)cc1. The van der Waals surface area contributed by atoms with E-state index in [0.29, 0.717) is 37.3 Å². The third-order valence-electron chi connectivity index (χ3n) is 8.50. The van der Waals surface area contributed by atoms with Crippen molar-refractivity contribution in [2.75, 3.05) is 6.61 Å². The van der Waals surface area contributed by atoms with Crippen LogP contribution in [-0.4, -0.2) is 30.6 Å². The molecule has 0 N–H and O–H groups in total. The van der Waals surface area contributed by atoms with Gasteiger partial charge >= 0.3 is 27.5 Å². The molecule has 0 radical (unpaired) electrons. The highest BCUT2D eigenvalue weighted by molar-refractivity contribution is 7.66. The van der Waals surface area contributed by atoms with Crippen LogP contribution in [0.15, 0.2) is 139 Å². The molecular weight excluding hydrogens is 836 g/mol. The highest BCUT2D eigenvalue weighted by Crippen LogP contribution is 2.66. The molecule has 1 aliphatic rings. The Bertz CT molecular complexity index is 2210. The quantitative estimate of drug-likeness (QED) is 0.0629. The largest absolute Gasteiger partial charge is 0.548 e. The zero-order valence-electron chi connectivity index (χ0n) is 35.3. The lowest BCUT2D eigenvalue weighted by molar-refractivity contribution is -0.392. The molecule has 0 fully saturated rings. The van der Waals surface area contributed by atoms with E-state index in [4.69, 9.17) is 46.3 Å². The molecule has 12 nitrogen and oxygen atoms in total. The first kappa shape index (κ1) is 45.0. The lowest BCUT2D eigenvalue weighted by Gasteiger charge is -2.46. The van der Waals surface area contributed by atoms with Crippen LogP contribution in [0.5, 0.6) is 28.7 Å². The van der Waals surface area contributed by atoms with Crippen LogP contribution in [0.25, 0.3) is 0 Å². The van der Waals surface area contributed by atoms with Crippen LogP contribution in [0, 0.1) is 34.6 Å². The molecule has 5 aromatic carbocycles. The number of nitrogens with zero attached hydrogens (tertiary/aromatic N) is 4. The lowest BCUT2D eigenvalue weighted by Crippen LogP contribution is -2.71. The molecule has 0 amide bonds. The molecule has 0 aromatic heterocycles. The Kier molecular flexibility index (Phi) is 15.3. The topological polar surface area (TPSA) is 123 Å². The van der Waals surface area contributed by atoms with Crippen LogP contribution in [0.2, 0.25) is 0 Å². The molecule has 5 aromatic rings. The average Bonchev–Trinajstić information content (AvgIpc) is 3.19. The standard InChI is InChI=1S/C44H51N4O8P4/c1-31(2)54-59-46-57-45-58-47-60(48-59,55-32(3)4)56-43(50-39-22-12-34(6)13-23-39,30-49-38-20-10-33(5)11-21-38)44(51-40-24-14-35(7)15-25-40,52-41-26-16-36(8)17-27-41)53-42-28-18-37(9)19-29-42/h10-29,31-32H,30H2,1-9H3/q+1. The van der Waals surface area contributed by atoms with Crippen molar-refractivity contribution in [3.05, 3.63) is 149 Å². The number of benzene rings is 5. The van der Waals surface area contributed by atoms with E-state index >= 15 is 0 Å². The molecule has 16 heteroatoms. The highest BCUT2D eigenvalue weighted by Gasteiger charge is 2.69. The zero-order chi connectivity index (χ0) is 42.8. The van der Waals surface area contributed by atoms with Crippen LogP contribution in [0.3, 0.4) is 0 Å². The van der Waals surface area contributed by atoms with Crippen molar-refractivity contribution in [1.29, 1.82) is 0 Å². The summed E-state index contributed by atoms with van der Waals surface area (Å²) in [5, 5.41) is 0. The first-order valence-corrected chi connectivity index (χ1v) is 23.8. The first-order valence-electron chi connectivity index (χ1n) is 19.5. The van der Waals surface area contributed by atoms with Gasteiger partial charge in [-0.1, -0.05) is 88.5 Å². The van der Waals surface area contributed by atoms with E-state index in [2.05, 4.69) is 9.03 Å². The number of hydrogen-bond acceptors (Lipinski definition) is 12. The maximum atomic E-state index is 7.50. The van der Waals surface area contributed by atoms with E-state index in [1.165, 1.54) is 0 Å². The monoisotopic (exact) mass is 887 g/mol. The molecule has 3 unspecified atom stereocenters. The molecule has 1 aliphatic heterocycles. The van der Waals surface area contributed by atoms with Crippen LogP contribution in [0.1, 0.15) is 55.5 Å². The predicted octanol–water partition coefficient (Wildman–Crippen LogP) is 14.7. The van der Waals surface area contributed by atoms with Crippen molar-refractivity contribution in [2.45, 2.75) is 86.3 Å². The first-order chi connectivity index (χ1) is 28.7. The van der Waals surface area contributed by atoms with Crippen molar-refractivity contribution in [3.63, 3.8) is 0 Å². The molecule has 0 spiro atoms. The summed E-state index contributed by atoms with van der Waals surface area (Å²) < 4.78 is 75.2. The summed E-state index contributed by atoms with van der Waals surface area (Å²) in [6.07, 6.45) is -0.707. The number of ether oxygens (including phenoxy) is 5. The van der Waals surface area contributed by atoms with Crippen LogP contribution < -0.4 is 23.7 Å². The summed E-state index contributed by atoms with van der Waals surface area (Å²) in [7, 11) is -5.20. The summed E-state index contributed by atoms with van der Waals surface area (Å²) in [6.45, 7) is 17.1. The third kappa shape index (κ3) is 12.3. The van der Waals surface area contributed by atoms with Gasteiger partial charge in [0.05, 0.1) is 6.10 Å². The van der Waals surface area contributed by atoms with Gasteiger partial charge in [-0.2, -0.15) is 9.03 Å². The van der Waals surface area contributed by atoms with E-state index in [9.17, 15) is 0 Å². The van der Waals surface area contributed by atoms with E-state index < -0.39 is 40.2 Å². The predicted molar refractivity (Wildman–Crippen MR) is 240 cm³/mol. The summed E-state index contributed by atoms with van der Waals surface area (Å²) >= 11 is 0. The average molecular weight is 888 g/mol. The second kappa shape index (κ2) is 20.4. The van der Waals surface area contributed by atoms with Crippen molar-refractivity contribution in [2.24, 2.45) is 18.1 Å². The van der Waals surface area contributed by atoms with Gasteiger partial charge in [-0.15, -0.1) is 4.52 Å². The van der Waals surface area contributed by atoms with E-state index in [0.717, 1.165) is 27.8 Å². The molecule has 6 rings (SSSR count). The Morgan fingerprint density at radius 1 is 0.533 bits per heavy atom. The van der Waals surface area contributed by atoms with Gasteiger partial charge in [-0.25, -0.2) is 4.52 Å². The molecular formula is C44H51N4O8P4+. The van der Waals surface area contributed by atoms with E-state index in [1.54, 1.807) is 0 Å². The molecule has 0 aliphatic carbocycles. The minimum atomic E-state index is -3.96. The zero-order valence-corrected chi connectivity index (χ0v) is 38.8. The van der Waals surface area contributed by atoms with Crippen molar-refractivity contribution >= 4 is 32.8 Å². The maximum absolute atomic E-state index is 7.50. The number of rotatable bonds is 18. The molecule has 60 heavy (non-hydrogen) atoms. The Morgan fingerprint density at radius 2 is 0.933 bits per heavy atom. The maximum Gasteiger partial charge on any atom is 0.548 e. The highest BCUT2D eigenvalue weighted by atomic mass is 31.2. The lowest BCUT2D eigenvalue weighted by atomic mass is 10.1. The Labute approximate surface area is 357 Å². The summed E-state index contributed by atoms with van der Waals surface area (Å²) in [5.74, 6) is -2.76. The van der Waals surface area contributed by atoms with Crippen LogP contribution in [-0.2, 0) is 13.6 Å². The van der Waals surface area contributed by atoms with Gasteiger partial charge in [0.1, 0.15) is 34.9 Å². The summed E-state index contributed by atoms with van der Waals surface area (Å²) in [5.41, 5.74) is 5.10. The minimum absolute atomic E-state index is 0.242. The fourth-order valence-corrected chi connectivity index (χ4v) is 11.5. The summed E-state index contributed by atoms with van der Waals surface area (Å²) in [4.78, 5) is 0. The normalized spacial score (nSPS) is 17.4. The van der Waals surface area contributed by atoms with Gasteiger partial charge in [0.25, 0.3) is 0 Å². The van der Waals surface area contributed by atoms with Crippen molar-refractivity contribution in [1.82, 2.24) is 0 Å². The van der Waals surface area contributed by atoms with Gasteiger partial charge in [-0.05, 0) is 123 Å². The Morgan fingerprint density at radius 3 is 1.33 bits per heavy atom. The third-order valence-corrected chi connectivity index (χ3v) is 14.7. The van der Waals surface area contributed by atoms with Crippen molar-refractivity contribution < 1.29 is 37.3 Å². The molecule has 3 atom stereocenters. The second-order valence-electron chi connectivity index (χ2n) is 14.8. The van der Waals surface area contributed by atoms with Gasteiger partial charge < -0.3 is 28.2 Å². The smallest absolute Gasteiger partial charge is 0.486 e. The van der Waals surface area contributed by atoms with Crippen LogP contribution in [0.4, 0.5) is 0 Å². The van der Waals surface area contributed by atoms with Gasteiger partial charge in [-0.3, -0.25) is 0 Å². The van der Waals surface area contributed by atoms with E-state index in [1.807, 2.05) is 184 Å². The molecule has 0 saturated heterocycles. The second-order valence-corrected chi connectivity index (χ2v) is 20.1. The fraction of sp³-hybridized carbons (Fsp3) is 0.318. The van der Waals surface area contributed by atoms with Crippen molar-refractivity contribution in [3.8, 4) is 28.7 Å². The van der Waals surface area contributed by atoms with E-state index in [-0.39, 0.29) is 14.6 Å². The van der Waals surface area contributed by atoms with Gasteiger partial charge in [0.15, 0.2) is 15.1 Å². The molecule has 314 valence electrons. The molecule has 1 heterocycles.